The molecule has 1 aromatic heterocycles. The topological polar surface area (TPSA) is 90.1 Å². The van der Waals surface area contributed by atoms with Crippen molar-refractivity contribution in [2.75, 3.05) is 7.11 Å². The second-order valence-corrected chi connectivity index (χ2v) is 5.09. The first-order chi connectivity index (χ1) is 11.0. The monoisotopic (exact) mass is 380 g/mol. The van der Waals surface area contributed by atoms with Gasteiger partial charge in [-0.25, -0.2) is 5.43 Å². The Labute approximate surface area is 140 Å². The second-order valence-electron chi connectivity index (χ2n) is 4.31. The maximum absolute atomic E-state index is 11.7. The lowest BCUT2D eigenvalue weighted by atomic mass is 10.2. The summed E-state index contributed by atoms with van der Waals surface area (Å²) in [5.74, 6) is -0.0964. The molecular weight excluding hydrogens is 368 g/mol. The van der Waals surface area contributed by atoms with Crippen LogP contribution in [-0.4, -0.2) is 25.2 Å². The number of carbonyl (C=O) groups is 2. The van der Waals surface area contributed by atoms with E-state index in [1.54, 1.807) is 24.3 Å². The van der Waals surface area contributed by atoms with Crippen LogP contribution >= 0.6 is 15.9 Å². The Morgan fingerprint density at radius 2 is 2.04 bits per heavy atom. The lowest BCUT2D eigenvalue weighted by Gasteiger charge is -2.08. The van der Waals surface area contributed by atoms with Crippen molar-refractivity contribution in [3.8, 4) is 11.5 Å². The van der Waals surface area contributed by atoms with Gasteiger partial charge in [-0.3, -0.25) is 9.59 Å². The van der Waals surface area contributed by atoms with E-state index in [4.69, 9.17) is 13.9 Å². The molecule has 0 bridgehead atoms. The summed E-state index contributed by atoms with van der Waals surface area (Å²) in [7, 11) is 1.46. The van der Waals surface area contributed by atoms with Crippen LogP contribution in [0.2, 0.25) is 0 Å². The zero-order valence-corrected chi connectivity index (χ0v) is 13.9. The van der Waals surface area contributed by atoms with Gasteiger partial charge in [-0.2, -0.15) is 5.10 Å². The van der Waals surface area contributed by atoms with Gasteiger partial charge in [-0.15, -0.1) is 0 Å². The van der Waals surface area contributed by atoms with Gasteiger partial charge in [0.05, 0.1) is 13.3 Å². The van der Waals surface area contributed by atoms with Crippen LogP contribution in [0, 0.1) is 0 Å². The fourth-order valence-corrected chi connectivity index (χ4v) is 1.97. The molecule has 0 spiro atoms. The number of ether oxygens (including phenoxy) is 2. The minimum atomic E-state index is -0.476. The molecule has 0 aliphatic carbocycles. The molecule has 23 heavy (non-hydrogen) atoms. The lowest BCUT2D eigenvalue weighted by Crippen LogP contribution is -2.16. The van der Waals surface area contributed by atoms with E-state index in [9.17, 15) is 9.59 Å². The summed E-state index contributed by atoms with van der Waals surface area (Å²) in [6, 6.07) is 7.99. The third-order valence-electron chi connectivity index (χ3n) is 2.62. The Balaban J connectivity index is 2.04. The molecule has 8 heteroatoms. The van der Waals surface area contributed by atoms with E-state index in [0.717, 1.165) is 0 Å². The predicted octanol–water partition coefficient (Wildman–Crippen LogP) is 2.74. The number of benzene rings is 1. The molecule has 2 aromatic rings. The number of rotatable bonds is 5. The number of nitrogens with zero attached hydrogens (tertiary/aromatic N) is 1. The molecule has 120 valence electrons. The van der Waals surface area contributed by atoms with Gasteiger partial charge in [-0.05, 0) is 51.8 Å². The van der Waals surface area contributed by atoms with Crippen LogP contribution in [0.4, 0.5) is 0 Å². The molecule has 2 rings (SSSR count). The molecule has 0 saturated carbocycles. The van der Waals surface area contributed by atoms with Gasteiger partial charge in [0, 0.05) is 6.92 Å². The lowest BCUT2D eigenvalue weighted by molar-refractivity contribution is -0.132. The van der Waals surface area contributed by atoms with Crippen LogP contribution in [0.25, 0.3) is 0 Å². The molecule has 0 atom stereocenters. The van der Waals surface area contributed by atoms with E-state index in [-0.39, 0.29) is 5.76 Å². The SMILES string of the molecule is COc1cc(/C=N/NC(=O)c2ccc(Br)o2)ccc1OC(C)=O. The summed E-state index contributed by atoms with van der Waals surface area (Å²) in [5.41, 5.74) is 2.99. The number of furan rings is 1. The van der Waals surface area contributed by atoms with E-state index in [1.807, 2.05) is 0 Å². The first kappa shape index (κ1) is 16.8. The molecule has 0 fully saturated rings. The average molecular weight is 381 g/mol. The van der Waals surface area contributed by atoms with Gasteiger partial charge in [0.15, 0.2) is 21.9 Å². The Kier molecular flexibility index (Phi) is 5.53. The molecule has 1 aromatic carbocycles. The zero-order valence-electron chi connectivity index (χ0n) is 12.3. The number of hydrogen-bond acceptors (Lipinski definition) is 6. The van der Waals surface area contributed by atoms with Crippen molar-refractivity contribution in [1.29, 1.82) is 0 Å². The fraction of sp³-hybridized carbons (Fsp3) is 0.133. The molecule has 1 amide bonds. The quantitative estimate of drug-likeness (QED) is 0.372. The number of amides is 1. The molecular formula is C15H13BrN2O5. The zero-order chi connectivity index (χ0) is 16.8. The van der Waals surface area contributed by atoms with Crippen LogP contribution < -0.4 is 14.9 Å². The number of halogens is 1. The van der Waals surface area contributed by atoms with Gasteiger partial charge in [0.25, 0.3) is 0 Å². The van der Waals surface area contributed by atoms with Crippen LogP contribution in [0.5, 0.6) is 11.5 Å². The van der Waals surface area contributed by atoms with Crippen molar-refractivity contribution < 1.29 is 23.5 Å². The highest BCUT2D eigenvalue weighted by Gasteiger charge is 2.09. The van der Waals surface area contributed by atoms with Gasteiger partial charge in [0.1, 0.15) is 0 Å². The Hall–Kier alpha value is -2.61. The molecule has 0 aliphatic heterocycles. The maximum Gasteiger partial charge on any atom is 0.308 e. The third kappa shape index (κ3) is 4.68. The number of carbonyl (C=O) groups excluding carboxylic acids is 2. The first-order valence-electron chi connectivity index (χ1n) is 6.45. The van der Waals surface area contributed by atoms with Crippen molar-refractivity contribution >= 4 is 34.0 Å². The number of methoxy groups -OCH3 is 1. The molecule has 1 N–H and O–H groups in total. The number of hydrogen-bond donors (Lipinski definition) is 1. The highest BCUT2D eigenvalue weighted by Crippen LogP contribution is 2.27. The van der Waals surface area contributed by atoms with E-state index >= 15 is 0 Å². The van der Waals surface area contributed by atoms with Crippen molar-refractivity contribution in [3.05, 3.63) is 46.3 Å². The maximum atomic E-state index is 11.7. The van der Waals surface area contributed by atoms with Crippen molar-refractivity contribution in [1.82, 2.24) is 5.43 Å². The molecule has 0 saturated heterocycles. The number of esters is 1. The van der Waals surface area contributed by atoms with Gasteiger partial charge >= 0.3 is 11.9 Å². The summed E-state index contributed by atoms with van der Waals surface area (Å²) in [5, 5.41) is 3.83. The Morgan fingerprint density at radius 1 is 1.26 bits per heavy atom. The predicted molar refractivity (Wildman–Crippen MR) is 85.8 cm³/mol. The molecule has 1 heterocycles. The van der Waals surface area contributed by atoms with Crippen molar-refractivity contribution in [2.24, 2.45) is 5.10 Å². The summed E-state index contributed by atoms with van der Waals surface area (Å²) >= 11 is 3.11. The first-order valence-corrected chi connectivity index (χ1v) is 7.24. The van der Waals surface area contributed by atoms with Crippen LogP contribution in [0.1, 0.15) is 23.0 Å². The van der Waals surface area contributed by atoms with E-state index in [2.05, 4.69) is 26.5 Å². The smallest absolute Gasteiger partial charge is 0.308 e. The largest absolute Gasteiger partial charge is 0.493 e. The normalized spacial score (nSPS) is 10.6. The van der Waals surface area contributed by atoms with E-state index < -0.39 is 11.9 Å². The highest BCUT2D eigenvalue weighted by molar-refractivity contribution is 9.10. The average Bonchev–Trinajstić information content (AvgIpc) is 2.94. The molecule has 0 radical (unpaired) electrons. The molecule has 7 nitrogen and oxygen atoms in total. The van der Waals surface area contributed by atoms with E-state index in [0.29, 0.717) is 21.7 Å². The van der Waals surface area contributed by atoms with Gasteiger partial charge in [0.2, 0.25) is 0 Å². The summed E-state index contributed by atoms with van der Waals surface area (Å²) in [4.78, 5) is 22.7. The van der Waals surface area contributed by atoms with Crippen LogP contribution in [0.3, 0.4) is 0 Å². The summed E-state index contributed by atoms with van der Waals surface area (Å²) < 4.78 is 15.7. The van der Waals surface area contributed by atoms with Crippen LogP contribution in [0.15, 0.2) is 44.5 Å². The Bertz CT molecular complexity index is 754. The van der Waals surface area contributed by atoms with Crippen LogP contribution in [-0.2, 0) is 4.79 Å². The number of hydrazone groups is 1. The van der Waals surface area contributed by atoms with Gasteiger partial charge < -0.3 is 13.9 Å². The standard InChI is InChI=1S/C15H13BrN2O5/c1-9(19)22-11-4-3-10(7-13(11)21-2)8-17-18-15(20)12-5-6-14(16)23-12/h3-8H,1-2H3,(H,18,20)/b17-8+. The highest BCUT2D eigenvalue weighted by atomic mass is 79.9. The molecule has 0 unspecified atom stereocenters. The summed E-state index contributed by atoms with van der Waals surface area (Å²) in [6.45, 7) is 1.30. The second kappa shape index (κ2) is 7.59. The van der Waals surface area contributed by atoms with Crippen molar-refractivity contribution in [3.63, 3.8) is 0 Å². The van der Waals surface area contributed by atoms with E-state index in [1.165, 1.54) is 26.3 Å². The minimum Gasteiger partial charge on any atom is -0.493 e. The minimum absolute atomic E-state index is 0.136. The molecule has 0 aliphatic rings. The summed E-state index contributed by atoms with van der Waals surface area (Å²) in [6.07, 6.45) is 1.43. The number of nitrogens with one attached hydrogen (secondary N) is 1. The third-order valence-corrected chi connectivity index (χ3v) is 3.04. The van der Waals surface area contributed by atoms with Crippen molar-refractivity contribution in [2.45, 2.75) is 6.92 Å². The van der Waals surface area contributed by atoms with Gasteiger partial charge in [-0.1, -0.05) is 0 Å². The fourth-order valence-electron chi connectivity index (χ4n) is 1.66. The Morgan fingerprint density at radius 3 is 2.65 bits per heavy atom.